The van der Waals surface area contributed by atoms with Crippen molar-refractivity contribution in [1.82, 2.24) is 0 Å². The molecule has 0 aliphatic heterocycles. The Morgan fingerprint density at radius 1 is 0.962 bits per heavy atom. The van der Waals surface area contributed by atoms with Gasteiger partial charge in [0, 0.05) is 13.0 Å². The van der Waals surface area contributed by atoms with Crippen LogP contribution in [0.15, 0.2) is 43.0 Å². The Balaban J connectivity index is 1.88. The van der Waals surface area contributed by atoms with E-state index in [1.54, 1.807) is 0 Å². The minimum atomic E-state index is -0.454. The molecule has 1 atom stereocenters. The summed E-state index contributed by atoms with van der Waals surface area (Å²) in [6, 6.07) is 10.2. The largest absolute Gasteiger partial charge is 0.380 e. The van der Waals surface area contributed by atoms with Crippen molar-refractivity contribution in [3.05, 3.63) is 48.6 Å². The molecule has 0 aliphatic rings. The van der Waals surface area contributed by atoms with Crippen LogP contribution in [0.1, 0.15) is 76.2 Å². The molecule has 0 amide bonds. The van der Waals surface area contributed by atoms with Gasteiger partial charge in [0.15, 0.2) is 0 Å². The van der Waals surface area contributed by atoms with Crippen LogP contribution in [0.3, 0.4) is 0 Å². The molecule has 0 saturated heterocycles. The number of allylic oxidation sites excluding steroid dienone is 1. The maximum Gasteiger partial charge on any atom is 0.114 e. The highest BCUT2D eigenvalue weighted by atomic mass is 16.5. The molecule has 144 valence electrons. The van der Waals surface area contributed by atoms with Crippen LogP contribution in [0.2, 0.25) is 0 Å². The van der Waals surface area contributed by atoms with E-state index in [2.05, 4.69) is 30.6 Å². The number of hydrogen-bond acceptors (Lipinski definition) is 2. The van der Waals surface area contributed by atoms with Gasteiger partial charge in [0.1, 0.15) is 6.10 Å². The molecule has 0 aromatic heterocycles. The lowest BCUT2D eigenvalue weighted by molar-refractivity contribution is 0.117. The van der Waals surface area contributed by atoms with E-state index in [1.165, 1.54) is 37.7 Å². The Labute approximate surface area is 160 Å². The molecular formula is C24H36O2. The van der Waals surface area contributed by atoms with Gasteiger partial charge in [-0.05, 0) is 44.1 Å². The van der Waals surface area contributed by atoms with Crippen molar-refractivity contribution in [1.29, 1.82) is 0 Å². The Morgan fingerprint density at radius 2 is 1.69 bits per heavy atom. The summed E-state index contributed by atoms with van der Waals surface area (Å²) in [4.78, 5) is 0. The van der Waals surface area contributed by atoms with Crippen molar-refractivity contribution in [3.63, 3.8) is 0 Å². The smallest absolute Gasteiger partial charge is 0.114 e. The first kappa shape index (κ1) is 22.5. The Bertz CT molecular complexity index is 498. The van der Waals surface area contributed by atoms with Crippen molar-refractivity contribution >= 4 is 0 Å². The summed E-state index contributed by atoms with van der Waals surface area (Å²) < 4.78 is 5.65. The SMILES string of the molecule is C=CCCCCCCCC[C@@H](O)C#CCCCCOCc1ccccc1. The monoisotopic (exact) mass is 356 g/mol. The van der Waals surface area contributed by atoms with Crippen molar-refractivity contribution in [2.45, 2.75) is 83.3 Å². The molecule has 0 bridgehead atoms. The van der Waals surface area contributed by atoms with Crippen LogP contribution in [0.25, 0.3) is 0 Å². The molecule has 0 saturated carbocycles. The van der Waals surface area contributed by atoms with Crippen LogP contribution in [-0.4, -0.2) is 17.8 Å². The second-order valence-corrected chi connectivity index (χ2v) is 6.82. The van der Waals surface area contributed by atoms with Crippen LogP contribution >= 0.6 is 0 Å². The lowest BCUT2D eigenvalue weighted by Crippen LogP contribution is -2.02. The van der Waals surface area contributed by atoms with Crippen molar-refractivity contribution in [3.8, 4) is 11.8 Å². The molecule has 0 aliphatic carbocycles. The lowest BCUT2D eigenvalue weighted by atomic mass is 10.1. The second kappa shape index (κ2) is 16.9. The fourth-order valence-corrected chi connectivity index (χ4v) is 2.78. The lowest BCUT2D eigenvalue weighted by Gasteiger charge is -2.04. The van der Waals surface area contributed by atoms with Gasteiger partial charge in [-0.2, -0.15) is 0 Å². The maximum absolute atomic E-state index is 9.88. The highest BCUT2D eigenvalue weighted by molar-refractivity contribution is 5.13. The average molecular weight is 357 g/mol. The Kier molecular flexibility index (Phi) is 14.6. The van der Waals surface area contributed by atoms with Gasteiger partial charge in [0.25, 0.3) is 0 Å². The Hall–Kier alpha value is -1.56. The summed E-state index contributed by atoms with van der Waals surface area (Å²) in [5.74, 6) is 6.08. The number of aliphatic hydroxyl groups excluding tert-OH is 1. The minimum absolute atomic E-state index is 0.454. The number of rotatable bonds is 15. The first-order chi connectivity index (χ1) is 12.8. The highest BCUT2D eigenvalue weighted by Gasteiger charge is 1.99. The second-order valence-electron chi connectivity index (χ2n) is 6.82. The molecule has 0 fully saturated rings. The summed E-state index contributed by atoms with van der Waals surface area (Å²) in [5.41, 5.74) is 1.21. The third-order valence-electron chi connectivity index (χ3n) is 4.36. The van der Waals surface area contributed by atoms with E-state index in [9.17, 15) is 5.11 Å². The van der Waals surface area contributed by atoms with E-state index in [4.69, 9.17) is 4.74 Å². The molecule has 2 heteroatoms. The zero-order valence-electron chi connectivity index (χ0n) is 16.3. The van der Waals surface area contributed by atoms with Gasteiger partial charge < -0.3 is 9.84 Å². The third kappa shape index (κ3) is 13.7. The van der Waals surface area contributed by atoms with Crippen LogP contribution in [-0.2, 0) is 11.3 Å². The Morgan fingerprint density at radius 3 is 2.46 bits per heavy atom. The normalized spacial score (nSPS) is 11.6. The zero-order chi connectivity index (χ0) is 18.7. The molecule has 0 unspecified atom stereocenters. The first-order valence-electron chi connectivity index (χ1n) is 10.2. The summed E-state index contributed by atoms with van der Waals surface area (Å²) in [5, 5.41) is 9.88. The van der Waals surface area contributed by atoms with Gasteiger partial charge in [-0.15, -0.1) is 12.5 Å². The molecule has 2 nitrogen and oxygen atoms in total. The molecule has 1 N–H and O–H groups in total. The van der Waals surface area contributed by atoms with Crippen LogP contribution in [0.5, 0.6) is 0 Å². The standard InChI is InChI=1S/C24H36O2/c1-2-3-4-5-6-7-8-14-19-24(25)20-15-9-10-16-21-26-22-23-17-12-11-13-18-23/h2,11-13,17-18,24-25H,1,3-10,14,16,19,21-22H2/t24-/m1/s1. The number of hydrogen-bond donors (Lipinski definition) is 1. The molecule has 0 heterocycles. The average Bonchev–Trinajstić information content (AvgIpc) is 2.67. The fourth-order valence-electron chi connectivity index (χ4n) is 2.78. The van der Waals surface area contributed by atoms with Crippen LogP contribution in [0, 0.1) is 11.8 Å². The molecular weight excluding hydrogens is 320 g/mol. The van der Waals surface area contributed by atoms with E-state index >= 15 is 0 Å². The van der Waals surface area contributed by atoms with E-state index < -0.39 is 6.10 Å². The van der Waals surface area contributed by atoms with Gasteiger partial charge in [0.2, 0.25) is 0 Å². The summed E-state index contributed by atoms with van der Waals surface area (Å²) in [6.07, 6.45) is 13.7. The van der Waals surface area contributed by atoms with Crippen molar-refractivity contribution < 1.29 is 9.84 Å². The van der Waals surface area contributed by atoms with Crippen molar-refractivity contribution in [2.75, 3.05) is 6.61 Å². The molecule has 1 rings (SSSR count). The third-order valence-corrected chi connectivity index (χ3v) is 4.36. The van der Waals surface area contributed by atoms with Crippen LogP contribution < -0.4 is 0 Å². The van der Waals surface area contributed by atoms with E-state index in [1.807, 2.05) is 24.3 Å². The zero-order valence-corrected chi connectivity index (χ0v) is 16.3. The summed E-state index contributed by atoms with van der Waals surface area (Å²) in [6.45, 7) is 5.19. The van der Waals surface area contributed by atoms with E-state index in [0.29, 0.717) is 6.61 Å². The van der Waals surface area contributed by atoms with Crippen molar-refractivity contribution in [2.24, 2.45) is 0 Å². The van der Waals surface area contributed by atoms with E-state index in [0.717, 1.165) is 45.1 Å². The fraction of sp³-hybridized carbons (Fsp3) is 0.583. The molecule has 1 aromatic rings. The molecule has 0 radical (unpaired) electrons. The predicted molar refractivity (Wildman–Crippen MR) is 111 cm³/mol. The van der Waals surface area contributed by atoms with Gasteiger partial charge in [-0.3, -0.25) is 0 Å². The molecule has 0 spiro atoms. The first-order valence-corrected chi connectivity index (χ1v) is 10.2. The van der Waals surface area contributed by atoms with Gasteiger partial charge in [-0.25, -0.2) is 0 Å². The molecule has 1 aromatic carbocycles. The van der Waals surface area contributed by atoms with E-state index in [-0.39, 0.29) is 0 Å². The minimum Gasteiger partial charge on any atom is -0.380 e. The number of unbranched alkanes of at least 4 members (excludes halogenated alkanes) is 8. The number of benzene rings is 1. The van der Waals surface area contributed by atoms with Gasteiger partial charge >= 0.3 is 0 Å². The topological polar surface area (TPSA) is 29.5 Å². The quantitative estimate of drug-likeness (QED) is 0.236. The molecule has 26 heavy (non-hydrogen) atoms. The summed E-state index contributed by atoms with van der Waals surface area (Å²) in [7, 11) is 0. The van der Waals surface area contributed by atoms with Gasteiger partial charge in [0.05, 0.1) is 6.61 Å². The number of aliphatic hydroxyl groups is 1. The maximum atomic E-state index is 9.88. The summed E-state index contributed by atoms with van der Waals surface area (Å²) >= 11 is 0. The highest BCUT2D eigenvalue weighted by Crippen LogP contribution is 2.10. The van der Waals surface area contributed by atoms with Crippen LogP contribution in [0.4, 0.5) is 0 Å². The van der Waals surface area contributed by atoms with Gasteiger partial charge in [-0.1, -0.05) is 68.0 Å². The number of ether oxygens (including phenoxy) is 1. The predicted octanol–water partition coefficient (Wildman–Crippen LogP) is 6.04.